The Kier molecular flexibility index (Phi) is 6.68. The van der Waals surface area contributed by atoms with Gasteiger partial charge >= 0.3 is 0 Å². The molecule has 3 nitrogen and oxygen atoms in total. The van der Waals surface area contributed by atoms with E-state index in [1.807, 2.05) is 0 Å². The number of hydrogen-bond donors (Lipinski definition) is 1. The molecule has 1 saturated carbocycles. The number of nitrogens with zero attached hydrogens (tertiary/aromatic N) is 1. The molecule has 1 N–H and O–H groups in total. The molecule has 0 heterocycles. The van der Waals surface area contributed by atoms with Gasteiger partial charge in [-0.1, -0.05) is 38.1 Å². The van der Waals surface area contributed by atoms with E-state index in [2.05, 4.69) is 55.4 Å². The van der Waals surface area contributed by atoms with Crippen molar-refractivity contribution < 1.29 is 4.74 Å². The van der Waals surface area contributed by atoms with Crippen LogP contribution in [0.1, 0.15) is 43.7 Å². The molecular weight excluding hydrogens is 260 g/mol. The smallest absolute Gasteiger partial charge is 0.0717 e. The lowest BCUT2D eigenvalue weighted by Gasteiger charge is -2.15. The highest BCUT2D eigenvalue weighted by Crippen LogP contribution is 2.24. The molecule has 0 aliphatic heterocycles. The van der Waals surface area contributed by atoms with Crippen LogP contribution in [-0.2, 0) is 11.3 Å². The third-order valence-electron chi connectivity index (χ3n) is 4.28. The fourth-order valence-electron chi connectivity index (χ4n) is 2.52. The Balaban J connectivity index is 1.66. The van der Waals surface area contributed by atoms with Crippen LogP contribution >= 0.6 is 0 Å². The average Bonchev–Trinajstić information content (AvgIpc) is 3.34. The van der Waals surface area contributed by atoms with Crippen LogP contribution in [0.15, 0.2) is 24.3 Å². The highest BCUT2D eigenvalue weighted by Gasteiger charge is 2.25. The average molecular weight is 290 g/mol. The molecule has 0 amide bonds. The van der Waals surface area contributed by atoms with Gasteiger partial charge in [0.2, 0.25) is 0 Å². The van der Waals surface area contributed by atoms with Crippen molar-refractivity contribution in [2.24, 2.45) is 0 Å². The molecular formula is C18H30N2O. The van der Waals surface area contributed by atoms with E-state index in [0.29, 0.717) is 5.92 Å². The Morgan fingerprint density at radius 2 is 2.00 bits per heavy atom. The summed E-state index contributed by atoms with van der Waals surface area (Å²) in [7, 11) is 2.20. The van der Waals surface area contributed by atoms with Gasteiger partial charge < -0.3 is 15.0 Å². The van der Waals surface area contributed by atoms with Crippen molar-refractivity contribution >= 4 is 0 Å². The minimum absolute atomic E-state index is 0.562. The normalized spacial score (nSPS) is 16.4. The van der Waals surface area contributed by atoms with Gasteiger partial charge in [0.25, 0.3) is 0 Å². The first-order valence-corrected chi connectivity index (χ1v) is 8.28. The second kappa shape index (κ2) is 8.52. The van der Waals surface area contributed by atoms with E-state index in [4.69, 9.17) is 4.74 Å². The second-order valence-corrected chi connectivity index (χ2v) is 6.21. The zero-order chi connectivity index (χ0) is 15.1. The minimum atomic E-state index is 0.562. The Labute approximate surface area is 129 Å². The van der Waals surface area contributed by atoms with Crippen LogP contribution < -0.4 is 5.32 Å². The SMILES string of the molecule is CCNCC(C)c1ccc(COCCN(C)C2CC2)cc1. The largest absolute Gasteiger partial charge is 0.375 e. The first kappa shape index (κ1) is 16.5. The lowest BCUT2D eigenvalue weighted by molar-refractivity contribution is 0.0978. The topological polar surface area (TPSA) is 24.5 Å². The molecule has 1 aliphatic rings. The molecule has 0 radical (unpaired) electrons. The lowest BCUT2D eigenvalue weighted by Crippen LogP contribution is -2.25. The van der Waals surface area contributed by atoms with E-state index in [1.165, 1.54) is 24.0 Å². The molecule has 1 unspecified atom stereocenters. The first-order chi connectivity index (χ1) is 10.2. The Bertz CT molecular complexity index is 400. The van der Waals surface area contributed by atoms with Crippen LogP contribution in [0.5, 0.6) is 0 Å². The van der Waals surface area contributed by atoms with E-state index < -0.39 is 0 Å². The monoisotopic (exact) mass is 290 g/mol. The summed E-state index contributed by atoms with van der Waals surface area (Å²) in [4.78, 5) is 2.41. The maximum atomic E-state index is 5.78. The molecule has 3 heteroatoms. The molecule has 1 atom stereocenters. The predicted molar refractivity (Wildman–Crippen MR) is 88.7 cm³/mol. The minimum Gasteiger partial charge on any atom is -0.375 e. The van der Waals surface area contributed by atoms with Crippen molar-refractivity contribution in [3.05, 3.63) is 35.4 Å². The molecule has 118 valence electrons. The van der Waals surface area contributed by atoms with Gasteiger partial charge in [-0.05, 0) is 43.5 Å². The lowest BCUT2D eigenvalue weighted by atomic mass is 10.00. The summed E-state index contributed by atoms with van der Waals surface area (Å²) in [6.07, 6.45) is 2.73. The molecule has 1 aliphatic carbocycles. The zero-order valence-corrected chi connectivity index (χ0v) is 13.8. The molecule has 1 aromatic carbocycles. The quantitative estimate of drug-likeness (QED) is 0.670. The Morgan fingerprint density at radius 3 is 2.62 bits per heavy atom. The van der Waals surface area contributed by atoms with E-state index in [0.717, 1.165) is 38.9 Å². The maximum Gasteiger partial charge on any atom is 0.0717 e. The standard InChI is InChI=1S/C18H30N2O/c1-4-19-13-15(2)17-7-5-16(6-8-17)14-21-12-11-20(3)18-9-10-18/h5-8,15,18-19H,4,9-14H2,1-3H3. The molecule has 1 fully saturated rings. The van der Waals surface area contributed by atoms with E-state index >= 15 is 0 Å². The number of hydrogen-bond acceptors (Lipinski definition) is 3. The zero-order valence-electron chi connectivity index (χ0n) is 13.8. The predicted octanol–water partition coefficient (Wildman–Crippen LogP) is 3.01. The van der Waals surface area contributed by atoms with Crippen molar-refractivity contribution in [2.75, 3.05) is 33.3 Å². The van der Waals surface area contributed by atoms with Crippen LogP contribution in [0.4, 0.5) is 0 Å². The molecule has 1 aromatic rings. The van der Waals surface area contributed by atoms with Crippen molar-refractivity contribution in [2.45, 2.75) is 45.3 Å². The molecule has 0 saturated heterocycles. The summed E-state index contributed by atoms with van der Waals surface area (Å²) in [6, 6.07) is 9.69. The van der Waals surface area contributed by atoms with Crippen LogP contribution in [0.3, 0.4) is 0 Å². The van der Waals surface area contributed by atoms with Crippen LogP contribution in [0, 0.1) is 0 Å². The number of likely N-dealkylation sites (N-methyl/N-ethyl adjacent to an activating group) is 2. The highest BCUT2D eigenvalue weighted by atomic mass is 16.5. The van der Waals surface area contributed by atoms with E-state index in [9.17, 15) is 0 Å². The van der Waals surface area contributed by atoms with Gasteiger partial charge in [0.05, 0.1) is 13.2 Å². The summed E-state index contributed by atoms with van der Waals surface area (Å²) >= 11 is 0. The third-order valence-corrected chi connectivity index (χ3v) is 4.28. The van der Waals surface area contributed by atoms with Crippen LogP contribution in [0.25, 0.3) is 0 Å². The second-order valence-electron chi connectivity index (χ2n) is 6.21. The summed E-state index contributed by atoms with van der Waals surface area (Å²) < 4.78 is 5.78. The van der Waals surface area contributed by atoms with Crippen molar-refractivity contribution in [1.82, 2.24) is 10.2 Å². The molecule has 2 rings (SSSR count). The van der Waals surface area contributed by atoms with E-state index in [1.54, 1.807) is 0 Å². The molecule has 0 spiro atoms. The summed E-state index contributed by atoms with van der Waals surface area (Å²) in [5.74, 6) is 0.562. The number of nitrogens with one attached hydrogen (secondary N) is 1. The fourth-order valence-corrected chi connectivity index (χ4v) is 2.52. The summed E-state index contributed by atoms with van der Waals surface area (Å²) in [5, 5.41) is 3.40. The first-order valence-electron chi connectivity index (χ1n) is 8.28. The number of benzene rings is 1. The van der Waals surface area contributed by atoms with Crippen molar-refractivity contribution in [3.8, 4) is 0 Å². The van der Waals surface area contributed by atoms with Crippen molar-refractivity contribution in [3.63, 3.8) is 0 Å². The number of ether oxygens (including phenoxy) is 1. The Morgan fingerprint density at radius 1 is 1.29 bits per heavy atom. The Hall–Kier alpha value is -0.900. The van der Waals surface area contributed by atoms with Gasteiger partial charge in [-0.25, -0.2) is 0 Å². The fraction of sp³-hybridized carbons (Fsp3) is 0.667. The van der Waals surface area contributed by atoms with E-state index in [-0.39, 0.29) is 0 Å². The molecule has 0 bridgehead atoms. The third kappa shape index (κ3) is 5.77. The molecule has 0 aromatic heterocycles. The molecule has 21 heavy (non-hydrogen) atoms. The van der Waals surface area contributed by atoms with Gasteiger partial charge in [0, 0.05) is 19.1 Å². The highest BCUT2D eigenvalue weighted by molar-refractivity contribution is 5.24. The van der Waals surface area contributed by atoms with Gasteiger partial charge in [0.1, 0.15) is 0 Å². The van der Waals surface area contributed by atoms with Crippen LogP contribution in [0.2, 0.25) is 0 Å². The van der Waals surface area contributed by atoms with Crippen LogP contribution in [-0.4, -0.2) is 44.2 Å². The number of rotatable bonds is 10. The summed E-state index contributed by atoms with van der Waals surface area (Å²) in [5.41, 5.74) is 2.66. The van der Waals surface area contributed by atoms with Gasteiger partial charge in [-0.15, -0.1) is 0 Å². The van der Waals surface area contributed by atoms with Gasteiger partial charge in [0.15, 0.2) is 0 Å². The van der Waals surface area contributed by atoms with Gasteiger partial charge in [-0.2, -0.15) is 0 Å². The van der Waals surface area contributed by atoms with Gasteiger partial charge in [-0.3, -0.25) is 0 Å². The summed E-state index contributed by atoms with van der Waals surface area (Å²) in [6.45, 7) is 9.08. The van der Waals surface area contributed by atoms with Crippen molar-refractivity contribution in [1.29, 1.82) is 0 Å². The maximum absolute atomic E-state index is 5.78.